The van der Waals surface area contributed by atoms with Gasteiger partial charge in [-0.15, -0.1) is 0 Å². The molecule has 1 N–H and O–H groups in total. The van der Waals surface area contributed by atoms with Gasteiger partial charge in [-0.25, -0.2) is 0 Å². The van der Waals surface area contributed by atoms with Crippen LogP contribution in [0.25, 0.3) is 0 Å². The number of likely N-dealkylation sites (N-methyl/N-ethyl adjacent to an activating group) is 1. The molecule has 0 bridgehead atoms. The fourth-order valence-electron chi connectivity index (χ4n) is 1.13. The lowest BCUT2D eigenvalue weighted by atomic mass is 10.1. The van der Waals surface area contributed by atoms with E-state index in [1.165, 1.54) is 0 Å². The van der Waals surface area contributed by atoms with Gasteiger partial charge in [0.1, 0.15) is 6.04 Å². The Hall–Kier alpha value is -0.570. The normalized spacial score (nSPS) is 13.0. The fraction of sp³-hybridized carbons (Fsp3) is 0.900. The standard InChI is InChI=1S/C10H21NO2/c1-5-6-7-13-10(12)9(11-4)8(2)3/h8-9,11H,5-7H2,1-4H3/t9-/m0/s1. The third kappa shape index (κ3) is 4.88. The quantitative estimate of drug-likeness (QED) is 0.507. The molecule has 0 heterocycles. The van der Waals surface area contributed by atoms with E-state index < -0.39 is 0 Å². The molecule has 0 radical (unpaired) electrons. The number of hydrogen-bond donors (Lipinski definition) is 1. The second kappa shape index (κ2) is 6.89. The Bertz CT molecular complexity index is 146. The van der Waals surface area contributed by atoms with Crippen molar-refractivity contribution in [2.24, 2.45) is 5.92 Å². The van der Waals surface area contributed by atoms with E-state index in [4.69, 9.17) is 4.74 Å². The van der Waals surface area contributed by atoms with E-state index in [1.807, 2.05) is 13.8 Å². The SMILES string of the molecule is CCCCOC(=O)[C@@H](NC)C(C)C. The molecule has 0 aliphatic rings. The molecule has 0 rings (SSSR count). The molecule has 3 heteroatoms. The van der Waals surface area contributed by atoms with Crippen LogP contribution in [0.5, 0.6) is 0 Å². The zero-order chi connectivity index (χ0) is 10.3. The summed E-state index contributed by atoms with van der Waals surface area (Å²) in [6.07, 6.45) is 2.00. The lowest BCUT2D eigenvalue weighted by Gasteiger charge is -2.18. The number of rotatable bonds is 6. The van der Waals surface area contributed by atoms with Crippen LogP contribution in [0.15, 0.2) is 0 Å². The molecule has 0 aliphatic carbocycles. The highest BCUT2D eigenvalue weighted by Gasteiger charge is 2.20. The van der Waals surface area contributed by atoms with Gasteiger partial charge in [0.15, 0.2) is 0 Å². The Morgan fingerprint density at radius 2 is 2.08 bits per heavy atom. The van der Waals surface area contributed by atoms with Gasteiger partial charge in [-0.05, 0) is 19.4 Å². The number of unbranched alkanes of at least 4 members (excludes halogenated alkanes) is 1. The molecule has 0 spiro atoms. The van der Waals surface area contributed by atoms with Gasteiger partial charge in [-0.1, -0.05) is 27.2 Å². The summed E-state index contributed by atoms with van der Waals surface area (Å²) in [5, 5.41) is 2.95. The van der Waals surface area contributed by atoms with Crippen LogP contribution in [0, 0.1) is 5.92 Å². The predicted molar refractivity (Wildman–Crippen MR) is 53.6 cm³/mol. The van der Waals surface area contributed by atoms with Crippen LogP contribution >= 0.6 is 0 Å². The number of carbonyl (C=O) groups excluding carboxylic acids is 1. The molecule has 78 valence electrons. The third-order valence-corrected chi connectivity index (χ3v) is 1.97. The molecule has 0 aromatic heterocycles. The molecule has 0 aromatic rings. The van der Waals surface area contributed by atoms with Crippen LogP contribution in [0.3, 0.4) is 0 Å². The van der Waals surface area contributed by atoms with Crippen LogP contribution in [0.1, 0.15) is 33.6 Å². The highest BCUT2D eigenvalue weighted by atomic mass is 16.5. The molecule has 3 nitrogen and oxygen atoms in total. The second-order valence-electron chi connectivity index (χ2n) is 3.53. The Kier molecular flexibility index (Phi) is 6.59. The van der Waals surface area contributed by atoms with Crippen LogP contribution in [0.4, 0.5) is 0 Å². The number of ether oxygens (including phenoxy) is 1. The highest BCUT2D eigenvalue weighted by molar-refractivity contribution is 5.76. The summed E-state index contributed by atoms with van der Waals surface area (Å²) < 4.78 is 5.10. The summed E-state index contributed by atoms with van der Waals surface area (Å²) in [5.41, 5.74) is 0. The van der Waals surface area contributed by atoms with E-state index in [0.29, 0.717) is 6.61 Å². The minimum Gasteiger partial charge on any atom is -0.465 e. The highest BCUT2D eigenvalue weighted by Crippen LogP contribution is 2.03. The Labute approximate surface area is 80.8 Å². The first-order chi connectivity index (χ1) is 6.13. The lowest BCUT2D eigenvalue weighted by molar-refractivity contribution is -0.147. The van der Waals surface area contributed by atoms with Gasteiger partial charge in [0.05, 0.1) is 6.61 Å². The average molecular weight is 187 g/mol. The van der Waals surface area contributed by atoms with E-state index >= 15 is 0 Å². The minimum absolute atomic E-state index is 0.133. The van der Waals surface area contributed by atoms with Gasteiger partial charge in [0, 0.05) is 0 Å². The number of hydrogen-bond acceptors (Lipinski definition) is 3. The summed E-state index contributed by atoms with van der Waals surface area (Å²) in [6, 6.07) is -0.170. The maximum Gasteiger partial charge on any atom is 0.323 e. The summed E-state index contributed by atoms with van der Waals surface area (Å²) >= 11 is 0. The van der Waals surface area contributed by atoms with Crippen LogP contribution in [-0.4, -0.2) is 25.7 Å². The van der Waals surface area contributed by atoms with Crippen molar-refractivity contribution < 1.29 is 9.53 Å². The Balaban J connectivity index is 3.78. The maximum atomic E-state index is 11.4. The Morgan fingerprint density at radius 3 is 2.46 bits per heavy atom. The summed E-state index contributed by atoms with van der Waals surface area (Å²) in [4.78, 5) is 11.4. The number of carbonyl (C=O) groups is 1. The lowest BCUT2D eigenvalue weighted by Crippen LogP contribution is -2.39. The molecule has 0 saturated carbocycles. The zero-order valence-electron chi connectivity index (χ0n) is 9.09. The van der Waals surface area contributed by atoms with E-state index in [-0.39, 0.29) is 17.9 Å². The van der Waals surface area contributed by atoms with Gasteiger partial charge in [0.2, 0.25) is 0 Å². The first-order valence-electron chi connectivity index (χ1n) is 4.97. The van der Waals surface area contributed by atoms with Crippen molar-refractivity contribution in [1.29, 1.82) is 0 Å². The van der Waals surface area contributed by atoms with Crippen LogP contribution < -0.4 is 5.32 Å². The minimum atomic E-state index is -0.170. The van der Waals surface area contributed by atoms with Crippen LogP contribution in [-0.2, 0) is 9.53 Å². The van der Waals surface area contributed by atoms with E-state index in [9.17, 15) is 4.79 Å². The van der Waals surface area contributed by atoms with E-state index in [2.05, 4.69) is 12.2 Å². The predicted octanol–water partition coefficient (Wildman–Crippen LogP) is 1.57. The summed E-state index contributed by atoms with van der Waals surface area (Å²) in [6.45, 7) is 6.62. The van der Waals surface area contributed by atoms with Gasteiger partial charge in [-0.2, -0.15) is 0 Å². The summed E-state index contributed by atoms with van der Waals surface area (Å²) in [7, 11) is 1.78. The van der Waals surface area contributed by atoms with Gasteiger partial charge >= 0.3 is 5.97 Å². The van der Waals surface area contributed by atoms with Gasteiger partial charge in [0.25, 0.3) is 0 Å². The van der Waals surface area contributed by atoms with E-state index in [0.717, 1.165) is 12.8 Å². The van der Waals surface area contributed by atoms with Crippen molar-refractivity contribution in [3.63, 3.8) is 0 Å². The molecule has 0 aromatic carbocycles. The molecule has 13 heavy (non-hydrogen) atoms. The van der Waals surface area contributed by atoms with Crippen molar-refractivity contribution >= 4 is 5.97 Å². The molecule has 0 fully saturated rings. The molecule has 0 aliphatic heterocycles. The first kappa shape index (κ1) is 12.4. The summed E-state index contributed by atoms with van der Waals surface area (Å²) in [5.74, 6) is 0.144. The average Bonchev–Trinajstić information content (AvgIpc) is 2.05. The van der Waals surface area contributed by atoms with E-state index in [1.54, 1.807) is 7.05 Å². The molecule has 0 amide bonds. The molecular weight excluding hydrogens is 166 g/mol. The fourth-order valence-corrected chi connectivity index (χ4v) is 1.13. The van der Waals surface area contributed by atoms with Gasteiger partial charge < -0.3 is 10.1 Å². The monoisotopic (exact) mass is 187 g/mol. The van der Waals surface area contributed by atoms with Crippen molar-refractivity contribution in [2.45, 2.75) is 39.7 Å². The van der Waals surface area contributed by atoms with Crippen molar-refractivity contribution in [1.82, 2.24) is 5.32 Å². The third-order valence-electron chi connectivity index (χ3n) is 1.97. The Morgan fingerprint density at radius 1 is 1.46 bits per heavy atom. The largest absolute Gasteiger partial charge is 0.465 e. The maximum absolute atomic E-state index is 11.4. The second-order valence-corrected chi connectivity index (χ2v) is 3.53. The van der Waals surface area contributed by atoms with Crippen molar-refractivity contribution in [3.05, 3.63) is 0 Å². The number of esters is 1. The smallest absolute Gasteiger partial charge is 0.323 e. The molecular formula is C10H21NO2. The van der Waals surface area contributed by atoms with Crippen molar-refractivity contribution in [3.8, 4) is 0 Å². The number of nitrogens with one attached hydrogen (secondary N) is 1. The first-order valence-corrected chi connectivity index (χ1v) is 4.97. The van der Waals surface area contributed by atoms with Gasteiger partial charge in [-0.3, -0.25) is 4.79 Å². The van der Waals surface area contributed by atoms with Crippen LogP contribution in [0.2, 0.25) is 0 Å². The molecule has 1 atom stereocenters. The van der Waals surface area contributed by atoms with Crippen molar-refractivity contribution in [2.75, 3.05) is 13.7 Å². The molecule has 0 saturated heterocycles. The molecule has 0 unspecified atom stereocenters. The zero-order valence-corrected chi connectivity index (χ0v) is 9.09. The topological polar surface area (TPSA) is 38.3 Å².